The molecular weight excluding hydrogens is 324 g/mol. The van der Waals surface area contributed by atoms with Gasteiger partial charge in [-0.2, -0.15) is 5.10 Å². The van der Waals surface area contributed by atoms with Crippen LogP contribution >= 0.6 is 0 Å². The molecule has 3 N–H and O–H groups in total. The number of H-pyrrole nitrogens is 1. The summed E-state index contributed by atoms with van der Waals surface area (Å²) in [5.41, 5.74) is 10.4. The van der Waals surface area contributed by atoms with E-state index in [2.05, 4.69) is 47.5 Å². The zero-order chi connectivity index (χ0) is 18.1. The molecule has 1 amide bonds. The number of nitrogens with zero attached hydrogens (tertiary/aromatic N) is 2. The lowest BCUT2D eigenvalue weighted by molar-refractivity contribution is -0.133. The first-order chi connectivity index (χ1) is 12.7. The number of hydrogen-bond acceptors (Lipinski definition) is 3. The average Bonchev–Trinajstić information content (AvgIpc) is 3.10. The Morgan fingerprint density at radius 1 is 1.27 bits per heavy atom. The molecule has 0 bridgehead atoms. The Labute approximate surface area is 153 Å². The van der Waals surface area contributed by atoms with E-state index in [-0.39, 0.29) is 5.91 Å². The van der Waals surface area contributed by atoms with E-state index >= 15 is 0 Å². The summed E-state index contributed by atoms with van der Waals surface area (Å²) < 4.78 is 0. The van der Waals surface area contributed by atoms with Gasteiger partial charge in [-0.1, -0.05) is 55.8 Å². The molecule has 2 heterocycles. The lowest BCUT2D eigenvalue weighted by Gasteiger charge is -2.29. The summed E-state index contributed by atoms with van der Waals surface area (Å²) in [4.78, 5) is 14.5. The van der Waals surface area contributed by atoms with Gasteiger partial charge >= 0.3 is 0 Å². The molecule has 5 nitrogen and oxygen atoms in total. The maximum Gasteiger partial charge on any atom is 0.239 e. The SMILES string of the molecule is CCCC(N)C(=O)N1CCc2[nH]nc(-c3cccc4ccccc34)c2C1. The highest BCUT2D eigenvalue weighted by Crippen LogP contribution is 2.33. The Morgan fingerprint density at radius 2 is 2.08 bits per heavy atom. The molecule has 4 rings (SSSR count). The van der Waals surface area contributed by atoms with Crippen molar-refractivity contribution in [1.82, 2.24) is 15.1 Å². The Balaban J connectivity index is 1.70. The van der Waals surface area contributed by atoms with Gasteiger partial charge in [-0.3, -0.25) is 9.89 Å². The van der Waals surface area contributed by atoms with Crippen molar-refractivity contribution < 1.29 is 4.79 Å². The van der Waals surface area contributed by atoms with Crippen LogP contribution in [0.1, 0.15) is 31.0 Å². The highest BCUT2D eigenvalue weighted by Gasteiger charge is 2.28. The summed E-state index contributed by atoms with van der Waals surface area (Å²) in [5.74, 6) is 0.0440. The van der Waals surface area contributed by atoms with Crippen LogP contribution in [-0.4, -0.2) is 33.6 Å². The van der Waals surface area contributed by atoms with Crippen molar-refractivity contribution in [1.29, 1.82) is 0 Å². The lowest BCUT2D eigenvalue weighted by Crippen LogP contribution is -2.45. The Morgan fingerprint density at radius 3 is 2.92 bits per heavy atom. The molecule has 2 aromatic carbocycles. The fourth-order valence-corrected chi connectivity index (χ4v) is 3.81. The second-order valence-corrected chi connectivity index (χ2v) is 6.96. The van der Waals surface area contributed by atoms with Gasteiger partial charge in [0.05, 0.1) is 11.7 Å². The minimum atomic E-state index is -0.408. The van der Waals surface area contributed by atoms with Crippen LogP contribution in [0.4, 0.5) is 0 Å². The number of nitrogens with one attached hydrogen (secondary N) is 1. The fourth-order valence-electron chi connectivity index (χ4n) is 3.81. The molecule has 0 saturated carbocycles. The zero-order valence-corrected chi connectivity index (χ0v) is 15.0. The van der Waals surface area contributed by atoms with Gasteiger partial charge in [0, 0.05) is 36.3 Å². The standard InChI is InChI=1S/C21H24N4O/c1-2-6-18(22)21(26)25-12-11-19-17(13-25)20(24-23-19)16-10-5-8-14-7-3-4-9-15(14)16/h3-5,7-10,18H,2,6,11-13,22H2,1H3,(H,23,24). The molecule has 5 heteroatoms. The van der Waals surface area contributed by atoms with E-state index in [1.165, 1.54) is 10.8 Å². The van der Waals surface area contributed by atoms with Gasteiger partial charge in [0.2, 0.25) is 5.91 Å². The second kappa shape index (κ2) is 6.92. The molecule has 3 aromatic rings. The minimum Gasteiger partial charge on any atom is -0.336 e. The number of fused-ring (bicyclic) bond motifs is 2. The molecule has 1 atom stereocenters. The quantitative estimate of drug-likeness (QED) is 0.760. The van der Waals surface area contributed by atoms with E-state index in [4.69, 9.17) is 5.73 Å². The number of amides is 1. The molecule has 1 aliphatic rings. The van der Waals surface area contributed by atoms with Crippen LogP contribution in [0.2, 0.25) is 0 Å². The third kappa shape index (κ3) is 2.88. The van der Waals surface area contributed by atoms with Gasteiger partial charge in [0.1, 0.15) is 0 Å². The summed E-state index contributed by atoms with van der Waals surface area (Å²) in [6.07, 6.45) is 2.43. The molecule has 0 aliphatic carbocycles. The number of carbonyl (C=O) groups is 1. The number of aromatic nitrogens is 2. The van der Waals surface area contributed by atoms with Crippen molar-refractivity contribution in [2.75, 3.05) is 6.54 Å². The van der Waals surface area contributed by atoms with Gasteiger partial charge in [-0.15, -0.1) is 0 Å². The number of carbonyl (C=O) groups excluding carboxylic acids is 1. The summed E-state index contributed by atoms with van der Waals surface area (Å²) in [6.45, 7) is 3.32. The lowest BCUT2D eigenvalue weighted by atomic mass is 9.96. The summed E-state index contributed by atoms with van der Waals surface area (Å²) in [5, 5.41) is 10.1. The van der Waals surface area contributed by atoms with Crippen LogP contribution in [0.3, 0.4) is 0 Å². The Bertz CT molecular complexity index is 941. The maximum atomic E-state index is 12.7. The van der Waals surface area contributed by atoms with E-state index in [0.29, 0.717) is 13.1 Å². The Hall–Kier alpha value is -2.66. The van der Waals surface area contributed by atoms with Crippen molar-refractivity contribution >= 4 is 16.7 Å². The van der Waals surface area contributed by atoms with Crippen LogP contribution in [0.25, 0.3) is 22.0 Å². The predicted octanol–water partition coefficient (Wildman–Crippen LogP) is 3.24. The highest BCUT2D eigenvalue weighted by molar-refractivity contribution is 5.96. The van der Waals surface area contributed by atoms with Crippen molar-refractivity contribution in [2.45, 2.75) is 38.8 Å². The molecule has 0 saturated heterocycles. The molecule has 1 aliphatic heterocycles. The molecule has 0 radical (unpaired) electrons. The number of aromatic amines is 1. The van der Waals surface area contributed by atoms with Crippen LogP contribution in [0.5, 0.6) is 0 Å². The van der Waals surface area contributed by atoms with Crippen molar-refractivity contribution in [3.63, 3.8) is 0 Å². The first-order valence-electron chi connectivity index (χ1n) is 9.27. The molecule has 134 valence electrons. The second-order valence-electron chi connectivity index (χ2n) is 6.96. The average molecular weight is 348 g/mol. The van der Waals surface area contributed by atoms with Gasteiger partial charge in [0.25, 0.3) is 0 Å². The van der Waals surface area contributed by atoms with Crippen molar-refractivity contribution in [3.05, 3.63) is 53.7 Å². The normalized spacial score (nSPS) is 15.1. The number of rotatable bonds is 4. The van der Waals surface area contributed by atoms with Crippen molar-refractivity contribution in [3.8, 4) is 11.3 Å². The molecule has 1 aromatic heterocycles. The van der Waals surface area contributed by atoms with E-state index in [9.17, 15) is 4.79 Å². The zero-order valence-electron chi connectivity index (χ0n) is 15.0. The highest BCUT2D eigenvalue weighted by atomic mass is 16.2. The summed E-state index contributed by atoms with van der Waals surface area (Å²) >= 11 is 0. The molecular formula is C21H24N4O. The van der Waals surface area contributed by atoms with Gasteiger partial charge in [-0.05, 0) is 17.2 Å². The number of benzene rings is 2. The summed E-state index contributed by atoms with van der Waals surface area (Å²) in [7, 11) is 0. The van der Waals surface area contributed by atoms with Gasteiger partial charge < -0.3 is 10.6 Å². The third-order valence-corrected chi connectivity index (χ3v) is 5.21. The number of hydrogen-bond donors (Lipinski definition) is 2. The predicted molar refractivity (Wildman–Crippen MR) is 104 cm³/mol. The first-order valence-corrected chi connectivity index (χ1v) is 9.27. The fraction of sp³-hybridized carbons (Fsp3) is 0.333. The van der Waals surface area contributed by atoms with Crippen LogP contribution < -0.4 is 5.73 Å². The van der Waals surface area contributed by atoms with E-state index < -0.39 is 6.04 Å². The minimum absolute atomic E-state index is 0.0440. The van der Waals surface area contributed by atoms with Gasteiger partial charge in [0.15, 0.2) is 0 Å². The molecule has 0 fully saturated rings. The van der Waals surface area contributed by atoms with E-state index in [0.717, 1.165) is 41.8 Å². The van der Waals surface area contributed by atoms with Crippen molar-refractivity contribution in [2.24, 2.45) is 5.73 Å². The number of nitrogens with two attached hydrogens (primary N) is 1. The monoisotopic (exact) mass is 348 g/mol. The largest absolute Gasteiger partial charge is 0.336 e. The topological polar surface area (TPSA) is 75.0 Å². The Kier molecular flexibility index (Phi) is 4.47. The van der Waals surface area contributed by atoms with Crippen LogP contribution in [0.15, 0.2) is 42.5 Å². The van der Waals surface area contributed by atoms with E-state index in [1.807, 2.05) is 17.0 Å². The van der Waals surface area contributed by atoms with E-state index in [1.54, 1.807) is 0 Å². The van der Waals surface area contributed by atoms with Crippen LogP contribution in [0, 0.1) is 0 Å². The third-order valence-electron chi connectivity index (χ3n) is 5.21. The maximum absolute atomic E-state index is 12.7. The van der Waals surface area contributed by atoms with Gasteiger partial charge in [-0.25, -0.2) is 0 Å². The first kappa shape index (κ1) is 16.8. The van der Waals surface area contributed by atoms with Crippen LogP contribution in [-0.2, 0) is 17.8 Å². The summed E-state index contributed by atoms with van der Waals surface area (Å²) in [6, 6.07) is 14.2. The molecule has 26 heavy (non-hydrogen) atoms. The smallest absolute Gasteiger partial charge is 0.239 e. The molecule has 1 unspecified atom stereocenters. The molecule has 0 spiro atoms.